The lowest BCUT2D eigenvalue weighted by Gasteiger charge is -2.13. The Morgan fingerprint density at radius 3 is 2.62 bits per heavy atom. The lowest BCUT2D eigenvalue weighted by molar-refractivity contribution is 0.435. The molecule has 0 amide bonds. The Morgan fingerprint density at radius 2 is 2.00 bits per heavy atom. The third-order valence-electron chi connectivity index (χ3n) is 3.27. The van der Waals surface area contributed by atoms with E-state index in [0.717, 1.165) is 0 Å². The lowest BCUT2D eigenvalue weighted by atomic mass is 10.2. The summed E-state index contributed by atoms with van der Waals surface area (Å²) in [6, 6.07) is 8.86. The van der Waals surface area contributed by atoms with Gasteiger partial charge in [0.05, 0.1) is 10.4 Å². The number of nitrogens with zero attached hydrogens (tertiary/aromatic N) is 3. The van der Waals surface area contributed by atoms with E-state index >= 15 is 0 Å². The Labute approximate surface area is 134 Å². The van der Waals surface area contributed by atoms with Crippen molar-refractivity contribution in [2.75, 3.05) is 10.6 Å². The number of hydrogen-bond donors (Lipinski definition) is 4. The van der Waals surface area contributed by atoms with Gasteiger partial charge in [-0.15, -0.1) is 0 Å². The summed E-state index contributed by atoms with van der Waals surface area (Å²) in [6.45, 7) is 0. The van der Waals surface area contributed by atoms with E-state index in [2.05, 4.69) is 10.2 Å². The summed E-state index contributed by atoms with van der Waals surface area (Å²) in [5.74, 6) is -0.966. The van der Waals surface area contributed by atoms with Gasteiger partial charge in [-0.05, 0) is 12.1 Å². The number of aromatic amines is 1. The minimum Gasteiger partial charge on any atom is -0.493 e. The Bertz CT molecular complexity index is 1140. The number of nitrogens with one attached hydrogen (secondary N) is 2. The highest BCUT2D eigenvalue weighted by atomic mass is 32.2. The maximum atomic E-state index is 12.3. The van der Waals surface area contributed by atoms with Crippen molar-refractivity contribution in [1.29, 1.82) is 5.26 Å². The molecule has 0 aliphatic heterocycles. The van der Waals surface area contributed by atoms with Gasteiger partial charge in [-0.2, -0.15) is 23.5 Å². The molecule has 0 radical (unpaired) electrons. The number of nitrogen functional groups attached to an aromatic ring is 1. The van der Waals surface area contributed by atoms with Gasteiger partial charge in [-0.3, -0.25) is 9.89 Å². The van der Waals surface area contributed by atoms with Gasteiger partial charge in [-0.25, -0.2) is 4.83 Å². The number of benzene rings is 1. The molecule has 0 saturated carbocycles. The van der Waals surface area contributed by atoms with Crippen LogP contribution in [0.15, 0.2) is 40.0 Å². The van der Waals surface area contributed by atoms with Gasteiger partial charge in [0.2, 0.25) is 5.88 Å². The van der Waals surface area contributed by atoms with E-state index in [1.54, 1.807) is 12.1 Å². The van der Waals surface area contributed by atoms with Crippen molar-refractivity contribution in [3.05, 3.63) is 46.2 Å². The number of fused-ring (bicyclic) bond motifs is 1. The number of aromatic nitrogens is 3. The quantitative estimate of drug-likeness (QED) is 0.510. The van der Waals surface area contributed by atoms with Crippen molar-refractivity contribution >= 4 is 26.7 Å². The van der Waals surface area contributed by atoms with Crippen molar-refractivity contribution in [2.45, 2.75) is 4.90 Å². The second kappa shape index (κ2) is 5.28. The fourth-order valence-corrected chi connectivity index (χ4v) is 3.18. The van der Waals surface area contributed by atoms with Crippen LogP contribution in [-0.2, 0) is 10.0 Å². The number of sulfonamides is 1. The monoisotopic (exact) mass is 346 g/mol. The zero-order valence-electron chi connectivity index (χ0n) is 11.9. The van der Waals surface area contributed by atoms with Crippen molar-refractivity contribution in [3.8, 4) is 11.9 Å². The predicted octanol–water partition coefficient (Wildman–Crippen LogP) is -0.184. The topological polar surface area (TPSA) is 167 Å². The molecule has 0 fully saturated rings. The van der Waals surface area contributed by atoms with Crippen molar-refractivity contribution < 1.29 is 13.5 Å². The zero-order chi connectivity index (χ0) is 17.5. The normalized spacial score (nSPS) is 11.3. The fourth-order valence-electron chi connectivity index (χ4n) is 2.15. The van der Waals surface area contributed by atoms with E-state index in [1.807, 2.05) is 4.83 Å². The van der Waals surface area contributed by atoms with Crippen molar-refractivity contribution in [3.63, 3.8) is 0 Å². The van der Waals surface area contributed by atoms with Crippen LogP contribution in [0.5, 0.6) is 5.88 Å². The summed E-state index contributed by atoms with van der Waals surface area (Å²) in [6.07, 6.45) is 0. The second-order valence-electron chi connectivity index (χ2n) is 4.72. The highest BCUT2D eigenvalue weighted by Crippen LogP contribution is 2.28. The standard InChI is InChI=1S/C13H10N6O4S/c14-6-8-10-9(11(15)17-16-10)13(21)19(12(8)20)18-24(22,23)7-4-2-1-3-5-7/h1-5,16,18,21H,(H2,15,17). The van der Waals surface area contributed by atoms with Crippen molar-refractivity contribution in [1.82, 2.24) is 14.9 Å². The van der Waals surface area contributed by atoms with Gasteiger partial charge >= 0.3 is 0 Å². The summed E-state index contributed by atoms with van der Waals surface area (Å²) in [4.78, 5) is 14.1. The van der Waals surface area contributed by atoms with Crippen LogP contribution < -0.4 is 16.1 Å². The highest BCUT2D eigenvalue weighted by Gasteiger charge is 2.23. The molecule has 0 saturated heterocycles. The van der Waals surface area contributed by atoms with Crippen LogP contribution in [0.1, 0.15) is 5.56 Å². The van der Waals surface area contributed by atoms with Gasteiger partial charge in [0.15, 0.2) is 5.82 Å². The first kappa shape index (κ1) is 15.4. The number of aromatic hydroxyl groups is 1. The van der Waals surface area contributed by atoms with Crippen molar-refractivity contribution in [2.24, 2.45) is 0 Å². The second-order valence-corrected chi connectivity index (χ2v) is 6.38. The van der Waals surface area contributed by atoms with Gasteiger partial charge in [-0.1, -0.05) is 18.2 Å². The summed E-state index contributed by atoms with van der Waals surface area (Å²) < 4.78 is 25.0. The Hall–Kier alpha value is -3.52. The van der Waals surface area contributed by atoms with Gasteiger partial charge in [0.1, 0.15) is 17.0 Å². The number of rotatable bonds is 3. The summed E-state index contributed by atoms with van der Waals surface area (Å²) >= 11 is 0. The van der Waals surface area contributed by atoms with E-state index in [9.17, 15) is 18.3 Å². The molecule has 11 heteroatoms. The molecule has 3 rings (SSSR count). The minimum absolute atomic E-state index is 0.0762. The predicted molar refractivity (Wildman–Crippen MR) is 84.1 cm³/mol. The average molecular weight is 346 g/mol. The molecule has 10 nitrogen and oxygen atoms in total. The zero-order valence-corrected chi connectivity index (χ0v) is 12.7. The van der Waals surface area contributed by atoms with Crippen LogP contribution >= 0.6 is 0 Å². The lowest BCUT2D eigenvalue weighted by Crippen LogP contribution is -2.34. The highest BCUT2D eigenvalue weighted by molar-refractivity contribution is 7.92. The van der Waals surface area contributed by atoms with E-state index in [-0.39, 0.29) is 21.6 Å². The molecular weight excluding hydrogens is 336 g/mol. The van der Waals surface area contributed by atoms with Crippen LogP contribution in [0.25, 0.3) is 10.9 Å². The van der Waals surface area contributed by atoms with Crippen LogP contribution in [0.2, 0.25) is 0 Å². The molecule has 1 aromatic carbocycles. The maximum absolute atomic E-state index is 12.3. The molecular formula is C13H10N6O4S. The number of pyridine rings is 1. The first-order valence-corrected chi connectivity index (χ1v) is 7.94. The van der Waals surface area contributed by atoms with Gasteiger partial charge in [0.25, 0.3) is 15.6 Å². The molecule has 0 aliphatic carbocycles. The third-order valence-corrected chi connectivity index (χ3v) is 4.59. The molecule has 122 valence electrons. The number of nitriles is 1. The van der Waals surface area contributed by atoms with Gasteiger partial charge in [0, 0.05) is 0 Å². The van der Waals surface area contributed by atoms with E-state index in [1.165, 1.54) is 24.3 Å². The molecule has 3 aromatic rings. The van der Waals surface area contributed by atoms with Crippen LogP contribution in [-0.4, -0.2) is 28.4 Å². The molecule has 2 aromatic heterocycles. The largest absolute Gasteiger partial charge is 0.493 e. The Kier molecular flexibility index (Phi) is 3.39. The fraction of sp³-hybridized carbons (Fsp3) is 0. The molecule has 0 spiro atoms. The van der Waals surface area contributed by atoms with E-state index in [4.69, 9.17) is 11.0 Å². The van der Waals surface area contributed by atoms with E-state index < -0.39 is 27.0 Å². The molecule has 24 heavy (non-hydrogen) atoms. The Balaban J connectivity index is 2.26. The molecule has 5 N–H and O–H groups in total. The summed E-state index contributed by atoms with van der Waals surface area (Å²) in [5, 5.41) is 25.2. The number of anilines is 1. The Morgan fingerprint density at radius 1 is 1.33 bits per heavy atom. The molecule has 2 heterocycles. The van der Waals surface area contributed by atoms with Crippen LogP contribution in [0, 0.1) is 11.3 Å². The number of H-pyrrole nitrogens is 1. The summed E-state index contributed by atoms with van der Waals surface area (Å²) in [7, 11) is -4.18. The smallest absolute Gasteiger partial charge is 0.293 e. The SMILES string of the molecule is N#Cc1c(=O)n(NS(=O)(=O)c2ccccc2)c(O)c2c(N)n[nH]c12. The molecule has 0 aliphatic rings. The number of nitrogens with two attached hydrogens (primary N) is 1. The van der Waals surface area contributed by atoms with Gasteiger partial charge < -0.3 is 10.8 Å². The minimum atomic E-state index is -4.18. The number of hydrogen-bond acceptors (Lipinski definition) is 7. The molecule has 0 atom stereocenters. The van der Waals surface area contributed by atoms with Crippen LogP contribution in [0.4, 0.5) is 5.82 Å². The van der Waals surface area contributed by atoms with Crippen LogP contribution in [0.3, 0.4) is 0 Å². The molecule has 0 unspecified atom stereocenters. The molecule has 0 bridgehead atoms. The average Bonchev–Trinajstić information content (AvgIpc) is 2.94. The maximum Gasteiger partial charge on any atom is 0.293 e. The van der Waals surface area contributed by atoms with E-state index in [0.29, 0.717) is 4.68 Å². The first-order valence-electron chi connectivity index (χ1n) is 6.46. The first-order chi connectivity index (χ1) is 11.4. The summed E-state index contributed by atoms with van der Waals surface area (Å²) in [5.41, 5.74) is 4.01. The third kappa shape index (κ3) is 2.22.